The maximum absolute atomic E-state index is 4.44. The third-order valence-corrected chi connectivity index (χ3v) is 3.22. The van der Waals surface area contributed by atoms with E-state index in [4.69, 9.17) is 0 Å². The van der Waals surface area contributed by atoms with Crippen molar-refractivity contribution in [2.24, 2.45) is 0 Å². The Hall–Kier alpha value is -1.36. The van der Waals surface area contributed by atoms with Gasteiger partial charge in [0.2, 0.25) is 0 Å². The van der Waals surface area contributed by atoms with E-state index in [-0.39, 0.29) is 0 Å². The van der Waals surface area contributed by atoms with Gasteiger partial charge in [0.05, 0.1) is 0 Å². The molecule has 0 spiro atoms. The maximum Gasteiger partial charge on any atom is 0.131 e. The van der Waals surface area contributed by atoms with Crippen LogP contribution in [0.2, 0.25) is 0 Å². The summed E-state index contributed by atoms with van der Waals surface area (Å²) in [7, 11) is 0. The minimum Gasteiger partial charge on any atom is -0.368 e. The van der Waals surface area contributed by atoms with Crippen LogP contribution in [-0.2, 0) is 0 Å². The first-order chi connectivity index (χ1) is 9.13. The zero-order valence-corrected chi connectivity index (χ0v) is 12.2. The largest absolute Gasteiger partial charge is 0.368 e. The van der Waals surface area contributed by atoms with Gasteiger partial charge in [0.15, 0.2) is 0 Å². The third-order valence-electron chi connectivity index (χ3n) is 3.22. The molecular weight excluding hydrogens is 238 g/mol. The van der Waals surface area contributed by atoms with Crippen LogP contribution in [0, 0.1) is 6.92 Å². The van der Waals surface area contributed by atoms with Crippen LogP contribution in [0.1, 0.15) is 38.9 Å². The van der Waals surface area contributed by atoms with Crippen LogP contribution in [0.25, 0.3) is 0 Å². The lowest BCUT2D eigenvalue weighted by atomic mass is 10.1. The molecule has 0 amide bonds. The van der Waals surface area contributed by atoms with E-state index < -0.39 is 0 Å². The van der Waals surface area contributed by atoms with Crippen molar-refractivity contribution < 1.29 is 0 Å². The van der Waals surface area contributed by atoms with Crippen LogP contribution in [-0.4, -0.2) is 35.1 Å². The summed E-state index contributed by atoms with van der Waals surface area (Å²) in [5.41, 5.74) is 0. The van der Waals surface area contributed by atoms with Crippen molar-refractivity contribution in [3.05, 3.63) is 11.9 Å². The predicted octanol–water partition coefficient (Wildman–Crippen LogP) is 2.16. The molecule has 0 saturated carbocycles. The van der Waals surface area contributed by atoms with Gasteiger partial charge in [0.1, 0.15) is 17.5 Å². The lowest BCUT2D eigenvalue weighted by Gasteiger charge is -2.24. The summed E-state index contributed by atoms with van der Waals surface area (Å²) < 4.78 is 0. The molecule has 1 unspecified atom stereocenters. The summed E-state index contributed by atoms with van der Waals surface area (Å²) in [4.78, 5) is 8.83. The van der Waals surface area contributed by atoms with Crippen molar-refractivity contribution >= 4 is 11.6 Å². The quantitative estimate of drug-likeness (QED) is 0.760. The normalized spacial score (nSPS) is 19.5. The highest BCUT2D eigenvalue weighted by atomic mass is 15.1. The molecule has 0 bridgehead atoms. The Kier molecular flexibility index (Phi) is 4.96. The lowest BCUT2D eigenvalue weighted by molar-refractivity contribution is 0.414. The van der Waals surface area contributed by atoms with E-state index in [1.54, 1.807) is 0 Å². The zero-order valence-electron chi connectivity index (χ0n) is 12.2. The summed E-state index contributed by atoms with van der Waals surface area (Å²) in [6, 6.07) is 2.92. The third kappa shape index (κ3) is 4.67. The Labute approximate surface area is 115 Å². The molecule has 1 aromatic rings. The van der Waals surface area contributed by atoms with Crippen molar-refractivity contribution in [3.63, 3.8) is 0 Å². The fourth-order valence-electron chi connectivity index (χ4n) is 2.35. The van der Waals surface area contributed by atoms with Crippen molar-refractivity contribution in [2.75, 3.05) is 23.7 Å². The van der Waals surface area contributed by atoms with Gasteiger partial charge in [-0.1, -0.05) is 6.42 Å². The van der Waals surface area contributed by atoms with Crippen LogP contribution in [0.4, 0.5) is 11.6 Å². The van der Waals surface area contributed by atoms with Gasteiger partial charge in [-0.2, -0.15) is 0 Å². The summed E-state index contributed by atoms with van der Waals surface area (Å²) >= 11 is 0. The van der Waals surface area contributed by atoms with Gasteiger partial charge in [-0.05, 0) is 40.2 Å². The second-order valence-electron chi connectivity index (χ2n) is 5.51. The van der Waals surface area contributed by atoms with E-state index in [9.17, 15) is 0 Å². The van der Waals surface area contributed by atoms with E-state index in [1.807, 2.05) is 13.0 Å². The Balaban J connectivity index is 1.93. The van der Waals surface area contributed by atoms with Gasteiger partial charge < -0.3 is 16.0 Å². The van der Waals surface area contributed by atoms with Gasteiger partial charge in [-0.15, -0.1) is 0 Å². The molecule has 0 aliphatic carbocycles. The van der Waals surface area contributed by atoms with Crippen LogP contribution < -0.4 is 16.0 Å². The topological polar surface area (TPSA) is 61.9 Å². The minimum absolute atomic E-state index is 0.377. The van der Waals surface area contributed by atoms with Gasteiger partial charge in [0.25, 0.3) is 0 Å². The smallest absolute Gasteiger partial charge is 0.131 e. The number of nitrogens with zero attached hydrogens (tertiary/aromatic N) is 2. The fraction of sp³-hybridized carbons (Fsp3) is 0.714. The Bertz CT molecular complexity index is 399. The van der Waals surface area contributed by atoms with Crippen LogP contribution in [0.15, 0.2) is 6.07 Å². The van der Waals surface area contributed by atoms with E-state index in [0.29, 0.717) is 12.1 Å². The SMILES string of the molecule is Cc1nc(NCC2CCCCN2)cc(NC(C)C)n1. The Morgan fingerprint density at radius 2 is 2.11 bits per heavy atom. The van der Waals surface area contributed by atoms with Crippen molar-refractivity contribution in [1.82, 2.24) is 15.3 Å². The lowest BCUT2D eigenvalue weighted by Crippen LogP contribution is -2.39. The summed E-state index contributed by atoms with van der Waals surface area (Å²) in [6.45, 7) is 8.20. The number of hydrogen-bond donors (Lipinski definition) is 3. The molecule has 19 heavy (non-hydrogen) atoms. The molecule has 106 valence electrons. The molecule has 5 heteroatoms. The highest BCUT2D eigenvalue weighted by Crippen LogP contribution is 2.13. The number of aromatic nitrogens is 2. The predicted molar refractivity (Wildman–Crippen MR) is 79.7 cm³/mol. The average Bonchev–Trinajstić information content (AvgIpc) is 2.36. The van der Waals surface area contributed by atoms with E-state index in [2.05, 4.69) is 39.8 Å². The van der Waals surface area contributed by atoms with Crippen molar-refractivity contribution in [3.8, 4) is 0 Å². The minimum atomic E-state index is 0.377. The molecule has 1 aliphatic rings. The van der Waals surface area contributed by atoms with Crippen molar-refractivity contribution in [2.45, 2.75) is 52.1 Å². The number of rotatable bonds is 5. The molecule has 3 N–H and O–H groups in total. The monoisotopic (exact) mass is 263 g/mol. The number of piperidine rings is 1. The molecule has 1 aromatic heterocycles. The molecule has 0 aromatic carbocycles. The average molecular weight is 263 g/mol. The van der Waals surface area contributed by atoms with E-state index >= 15 is 0 Å². The fourth-order valence-corrected chi connectivity index (χ4v) is 2.35. The first kappa shape index (κ1) is 14.1. The standard InChI is InChI=1S/C14H25N5/c1-10(2)17-14-8-13(18-11(3)19-14)16-9-12-6-4-5-7-15-12/h8,10,12,15H,4-7,9H2,1-3H3,(H2,16,17,18,19). The highest BCUT2D eigenvalue weighted by molar-refractivity contribution is 5.47. The number of hydrogen-bond acceptors (Lipinski definition) is 5. The summed E-state index contributed by atoms with van der Waals surface area (Å²) in [5, 5.41) is 10.3. The van der Waals surface area contributed by atoms with Crippen LogP contribution >= 0.6 is 0 Å². The second kappa shape index (κ2) is 6.70. The molecular formula is C14H25N5. The first-order valence-corrected chi connectivity index (χ1v) is 7.23. The van der Waals surface area contributed by atoms with Gasteiger partial charge >= 0.3 is 0 Å². The van der Waals surface area contributed by atoms with Gasteiger partial charge in [0, 0.05) is 24.7 Å². The van der Waals surface area contributed by atoms with Crippen LogP contribution in [0.3, 0.4) is 0 Å². The molecule has 2 heterocycles. The van der Waals surface area contributed by atoms with E-state index in [0.717, 1.165) is 30.5 Å². The molecule has 1 atom stereocenters. The molecule has 2 rings (SSSR count). The van der Waals surface area contributed by atoms with Gasteiger partial charge in [-0.25, -0.2) is 9.97 Å². The summed E-state index contributed by atoms with van der Waals surface area (Å²) in [6.07, 6.45) is 3.86. The summed E-state index contributed by atoms with van der Waals surface area (Å²) in [5.74, 6) is 2.59. The van der Waals surface area contributed by atoms with Gasteiger partial charge in [-0.3, -0.25) is 0 Å². The van der Waals surface area contributed by atoms with E-state index in [1.165, 1.54) is 19.3 Å². The number of aryl methyl sites for hydroxylation is 1. The maximum atomic E-state index is 4.44. The van der Waals surface area contributed by atoms with Crippen LogP contribution in [0.5, 0.6) is 0 Å². The molecule has 1 fully saturated rings. The zero-order chi connectivity index (χ0) is 13.7. The number of nitrogens with one attached hydrogen (secondary N) is 3. The second-order valence-corrected chi connectivity index (χ2v) is 5.51. The Morgan fingerprint density at radius 1 is 1.32 bits per heavy atom. The highest BCUT2D eigenvalue weighted by Gasteiger charge is 2.12. The molecule has 5 nitrogen and oxygen atoms in total. The number of anilines is 2. The molecule has 1 saturated heterocycles. The molecule has 1 aliphatic heterocycles. The van der Waals surface area contributed by atoms with Crippen molar-refractivity contribution in [1.29, 1.82) is 0 Å². The first-order valence-electron chi connectivity index (χ1n) is 7.23. The molecule has 0 radical (unpaired) electrons. The Morgan fingerprint density at radius 3 is 2.79 bits per heavy atom.